The smallest absolute Gasteiger partial charge is 0.228 e. The van der Waals surface area contributed by atoms with E-state index in [0.717, 1.165) is 5.56 Å². The number of halogens is 1. The Balaban J connectivity index is 2.16. The maximum atomic E-state index is 11.7. The number of rotatable bonds is 4. The topological polar surface area (TPSA) is 55.1 Å². The summed E-state index contributed by atoms with van der Waals surface area (Å²) in [4.78, 5) is 15.6. The summed E-state index contributed by atoms with van der Waals surface area (Å²) in [6, 6.07) is 7.39. The van der Waals surface area contributed by atoms with Crippen molar-refractivity contribution in [3.05, 3.63) is 36.9 Å². The van der Waals surface area contributed by atoms with Crippen molar-refractivity contribution in [3.63, 3.8) is 0 Å². The third-order valence-corrected chi connectivity index (χ3v) is 2.99. The molecule has 1 aromatic carbocycles. The molecule has 0 aliphatic rings. The molecule has 5 heteroatoms. The number of nitrogens with one attached hydrogen (secondary N) is 1. The maximum Gasteiger partial charge on any atom is 0.228 e. The minimum Gasteiger partial charge on any atom is -0.444 e. The van der Waals surface area contributed by atoms with Crippen LogP contribution in [0.2, 0.25) is 0 Å². The number of oxazole rings is 1. The molecule has 0 fully saturated rings. The zero-order chi connectivity index (χ0) is 13.0. The Morgan fingerprint density at radius 3 is 3.06 bits per heavy atom. The van der Waals surface area contributed by atoms with Gasteiger partial charge in [-0.2, -0.15) is 0 Å². The first-order chi connectivity index (χ1) is 8.70. The SMILES string of the molecule is CC(CCl)C(=O)Nc1cccc(-c2cnco2)c1. The summed E-state index contributed by atoms with van der Waals surface area (Å²) in [7, 11) is 0. The second kappa shape index (κ2) is 5.69. The first kappa shape index (κ1) is 12.6. The summed E-state index contributed by atoms with van der Waals surface area (Å²) in [5.41, 5.74) is 1.58. The lowest BCUT2D eigenvalue weighted by Gasteiger charge is -2.09. The first-order valence-electron chi connectivity index (χ1n) is 5.56. The second-order valence-corrected chi connectivity index (χ2v) is 4.30. The molecule has 1 heterocycles. The van der Waals surface area contributed by atoms with E-state index in [1.54, 1.807) is 13.1 Å². The second-order valence-electron chi connectivity index (χ2n) is 3.99. The van der Waals surface area contributed by atoms with Crippen molar-refractivity contribution in [3.8, 4) is 11.3 Å². The number of aromatic nitrogens is 1. The van der Waals surface area contributed by atoms with Crippen LogP contribution in [0, 0.1) is 5.92 Å². The summed E-state index contributed by atoms with van der Waals surface area (Å²) in [5.74, 6) is 0.644. The predicted octanol–water partition coefficient (Wildman–Crippen LogP) is 3.16. The fourth-order valence-corrected chi connectivity index (χ4v) is 1.58. The molecule has 94 valence electrons. The molecule has 2 rings (SSSR count). The summed E-state index contributed by atoms with van der Waals surface area (Å²) in [6.07, 6.45) is 3.00. The molecule has 4 nitrogen and oxygen atoms in total. The number of hydrogen-bond acceptors (Lipinski definition) is 3. The maximum absolute atomic E-state index is 11.7. The average Bonchev–Trinajstić information content (AvgIpc) is 2.92. The largest absolute Gasteiger partial charge is 0.444 e. The van der Waals surface area contributed by atoms with Crippen molar-refractivity contribution in [2.45, 2.75) is 6.92 Å². The van der Waals surface area contributed by atoms with Crippen molar-refractivity contribution < 1.29 is 9.21 Å². The summed E-state index contributed by atoms with van der Waals surface area (Å²) >= 11 is 5.64. The fraction of sp³-hybridized carbons (Fsp3) is 0.231. The standard InChI is InChI=1S/C13H13ClN2O2/c1-9(6-14)13(17)16-11-4-2-3-10(5-11)12-7-15-8-18-12/h2-5,7-9H,6H2,1H3,(H,16,17). The number of anilines is 1. The highest BCUT2D eigenvalue weighted by molar-refractivity contribution is 6.19. The van der Waals surface area contributed by atoms with E-state index in [9.17, 15) is 4.79 Å². The minimum absolute atomic E-state index is 0.0975. The van der Waals surface area contributed by atoms with E-state index in [1.807, 2.05) is 24.3 Å². The van der Waals surface area contributed by atoms with E-state index in [0.29, 0.717) is 17.3 Å². The van der Waals surface area contributed by atoms with Crippen molar-refractivity contribution in [1.29, 1.82) is 0 Å². The first-order valence-corrected chi connectivity index (χ1v) is 6.10. The van der Waals surface area contributed by atoms with E-state index in [-0.39, 0.29) is 11.8 Å². The van der Waals surface area contributed by atoms with Gasteiger partial charge in [0.15, 0.2) is 12.2 Å². The number of alkyl halides is 1. The van der Waals surface area contributed by atoms with Crippen LogP contribution in [-0.2, 0) is 4.79 Å². The number of carbonyl (C=O) groups excluding carboxylic acids is 1. The van der Waals surface area contributed by atoms with Gasteiger partial charge in [-0.15, -0.1) is 11.6 Å². The van der Waals surface area contributed by atoms with Crippen LogP contribution in [-0.4, -0.2) is 16.8 Å². The van der Waals surface area contributed by atoms with Crippen LogP contribution < -0.4 is 5.32 Å². The van der Waals surface area contributed by atoms with Crippen LogP contribution in [0.4, 0.5) is 5.69 Å². The average molecular weight is 265 g/mol. The molecule has 1 unspecified atom stereocenters. The number of benzene rings is 1. The van der Waals surface area contributed by atoms with Gasteiger partial charge >= 0.3 is 0 Å². The highest BCUT2D eigenvalue weighted by Crippen LogP contribution is 2.22. The minimum atomic E-state index is -0.222. The quantitative estimate of drug-likeness (QED) is 0.863. The zero-order valence-corrected chi connectivity index (χ0v) is 10.6. The third kappa shape index (κ3) is 2.90. The van der Waals surface area contributed by atoms with E-state index in [4.69, 9.17) is 16.0 Å². The Morgan fingerprint density at radius 1 is 1.56 bits per heavy atom. The number of carbonyl (C=O) groups is 1. The molecule has 1 aromatic heterocycles. The van der Waals surface area contributed by atoms with Gasteiger partial charge in [-0.1, -0.05) is 19.1 Å². The van der Waals surface area contributed by atoms with Gasteiger partial charge in [0.1, 0.15) is 0 Å². The Labute approximate surface area is 110 Å². The summed E-state index contributed by atoms with van der Waals surface area (Å²) in [5, 5.41) is 2.81. The molecule has 1 atom stereocenters. The molecule has 0 radical (unpaired) electrons. The zero-order valence-electron chi connectivity index (χ0n) is 9.89. The monoisotopic (exact) mass is 264 g/mol. The van der Waals surface area contributed by atoms with Gasteiger partial charge < -0.3 is 9.73 Å². The molecule has 0 spiro atoms. The van der Waals surface area contributed by atoms with Crippen LogP contribution >= 0.6 is 11.6 Å². The van der Waals surface area contributed by atoms with E-state index >= 15 is 0 Å². The van der Waals surface area contributed by atoms with Crippen molar-refractivity contribution in [2.75, 3.05) is 11.2 Å². The third-order valence-electron chi connectivity index (χ3n) is 2.53. The van der Waals surface area contributed by atoms with Gasteiger partial charge in [0.25, 0.3) is 0 Å². The number of nitrogens with zero attached hydrogens (tertiary/aromatic N) is 1. The van der Waals surface area contributed by atoms with E-state index in [1.165, 1.54) is 6.39 Å². The highest BCUT2D eigenvalue weighted by atomic mass is 35.5. The van der Waals surface area contributed by atoms with E-state index in [2.05, 4.69) is 10.3 Å². The molecule has 0 aliphatic carbocycles. The molecule has 0 aliphatic heterocycles. The van der Waals surface area contributed by atoms with Crippen LogP contribution in [0.3, 0.4) is 0 Å². The lowest BCUT2D eigenvalue weighted by atomic mass is 10.1. The van der Waals surface area contributed by atoms with Gasteiger partial charge in [0.2, 0.25) is 5.91 Å². The normalized spacial score (nSPS) is 12.1. The number of amides is 1. The molecule has 1 N–H and O–H groups in total. The molecule has 0 bridgehead atoms. The molecule has 0 saturated carbocycles. The Kier molecular flexibility index (Phi) is 3.99. The van der Waals surface area contributed by atoms with Gasteiger partial charge in [0.05, 0.1) is 6.20 Å². The molecule has 1 amide bonds. The lowest BCUT2D eigenvalue weighted by Crippen LogP contribution is -2.21. The van der Waals surface area contributed by atoms with Crippen molar-refractivity contribution in [2.24, 2.45) is 5.92 Å². The van der Waals surface area contributed by atoms with Crippen LogP contribution in [0.1, 0.15) is 6.92 Å². The van der Waals surface area contributed by atoms with Crippen LogP contribution in [0.15, 0.2) is 41.3 Å². The van der Waals surface area contributed by atoms with Gasteiger partial charge in [-0.05, 0) is 12.1 Å². The summed E-state index contributed by atoms with van der Waals surface area (Å²) < 4.78 is 5.20. The summed E-state index contributed by atoms with van der Waals surface area (Å²) in [6.45, 7) is 1.78. The molecule has 18 heavy (non-hydrogen) atoms. The van der Waals surface area contributed by atoms with Crippen LogP contribution in [0.5, 0.6) is 0 Å². The van der Waals surface area contributed by atoms with Gasteiger partial charge in [-0.3, -0.25) is 4.79 Å². The Morgan fingerprint density at radius 2 is 2.39 bits per heavy atom. The molecule has 2 aromatic rings. The van der Waals surface area contributed by atoms with Crippen molar-refractivity contribution >= 4 is 23.2 Å². The molecular weight excluding hydrogens is 252 g/mol. The van der Waals surface area contributed by atoms with Gasteiger partial charge in [0, 0.05) is 23.0 Å². The van der Waals surface area contributed by atoms with Gasteiger partial charge in [-0.25, -0.2) is 4.98 Å². The predicted molar refractivity (Wildman–Crippen MR) is 70.5 cm³/mol. The Hall–Kier alpha value is -1.81. The molecular formula is C13H13ClN2O2. The molecule has 0 saturated heterocycles. The van der Waals surface area contributed by atoms with Crippen LogP contribution in [0.25, 0.3) is 11.3 Å². The lowest BCUT2D eigenvalue weighted by molar-refractivity contribution is -0.118. The Bertz CT molecular complexity index is 526. The fourth-order valence-electron chi connectivity index (χ4n) is 1.44. The highest BCUT2D eigenvalue weighted by Gasteiger charge is 2.12. The van der Waals surface area contributed by atoms with Crippen molar-refractivity contribution in [1.82, 2.24) is 4.98 Å². The van der Waals surface area contributed by atoms with E-state index < -0.39 is 0 Å². The number of hydrogen-bond donors (Lipinski definition) is 1.